The van der Waals surface area contributed by atoms with Gasteiger partial charge in [-0.3, -0.25) is 9.69 Å². The molecule has 0 atom stereocenters. The number of nitrogens with zero attached hydrogens (tertiary/aromatic N) is 4. The number of piperazine rings is 1. The fourth-order valence-electron chi connectivity index (χ4n) is 3.75. The molecule has 3 aromatic rings. The number of carbonyl (C=O) groups is 1. The maximum atomic E-state index is 12.7. The zero-order valence-corrected chi connectivity index (χ0v) is 19.3. The number of hydrogen-bond donors (Lipinski definition) is 0. The number of rotatable bonds is 6. The average molecular weight is 439 g/mol. The molecule has 4 rings (SSSR count). The molecule has 1 amide bonds. The Kier molecular flexibility index (Phi) is 6.53. The first-order valence-corrected chi connectivity index (χ1v) is 11.7. The standard InChI is InChI=1S/C24H30N4O2S/c1-24(2,3)19-9-6-18(7-10-19)8-11-22(29)28-14-12-27(13-15-28)17-21-25-23(26-30-21)20-5-4-16-31-20/h4-7,9-10,16H,8,11-15,17H2,1-3H3. The zero-order chi connectivity index (χ0) is 21.8. The van der Waals surface area contributed by atoms with E-state index in [2.05, 4.69) is 60.1 Å². The molecule has 1 fully saturated rings. The number of amides is 1. The first-order chi connectivity index (χ1) is 14.9. The van der Waals surface area contributed by atoms with Crippen molar-refractivity contribution in [2.75, 3.05) is 26.2 Å². The second-order valence-electron chi connectivity index (χ2n) is 9.09. The molecule has 0 N–H and O–H groups in total. The van der Waals surface area contributed by atoms with Gasteiger partial charge >= 0.3 is 0 Å². The lowest BCUT2D eigenvalue weighted by Crippen LogP contribution is -2.48. The van der Waals surface area contributed by atoms with E-state index in [0.717, 1.165) is 37.5 Å². The van der Waals surface area contributed by atoms with Crippen LogP contribution in [0.1, 0.15) is 44.2 Å². The largest absolute Gasteiger partial charge is 0.340 e. The highest BCUT2D eigenvalue weighted by Gasteiger charge is 2.22. The van der Waals surface area contributed by atoms with Gasteiger partial charge in [0.1, 0.15) is 0 Å². The third-order valence-corrected chi connectivity index (χ3v) is 6.61. The second kappa shape index (κ2) is 9.32. The van der Waals surface area contributed by atoms with Gasteiger partial charge in [-0.05, 0) is 34.4 Å². The van der Waals surface area contributed by atoms with Crippen LogP contribution in [0, 0.1) is 0 Å². The molecule has 0 bridgehead atoms. The minimum Gasteiger partial charge on any atom is -0.340 e. The summed E-state index contributed by atoms with van der Waals surface area (Å²) in [5.41, 5.74) is 2.70. The van der Waals surface area contributed by atoms with Crippen LogP contribution in [0.15, 0.2) is 46.3 Å². The Morgan fingerprint density at radius 2 is 1.84 bits per heavy atom. The topological polar surface area (TPSA) is 62.5 Å². The monoisotopic (exact) mass is 438 g/mol. The van der Waals surface area contributed by atoms with Gasteiger partial charge in [-0.15, -0.1) is 11.3 Å². The van der Waals surface area contributed by atoms with Crippen molar-refractivity contribution >= 4 is 17.2 Å². The van der Waals surface area contributed by atoms with E-state index in [1.807, 2.05) is 22.4 Å². The molecular weight excluding hydrogens is 408 g/mol. The molecule has 1 aromatic carbocycles. The molecule has 0 saturated carbocycles. The predicted molar refractivity (Wildman–Crippen MR) is 123 cm³/mol. The highest BCUT2D eigenvalue weighted by atomic mass is 32.1. The Morgan fingerprint density at radius 3 is 2.48 bits per heavy atom. The van der Waals surface area contributed by atoms with Crippen LogP contribution in [0.3, 0.4) is 0 Å². The van der Waals surface area contributed by atoms with Crippen LogP contribution in [-0.4, -0.2) is 52.0 Å². The van der Waals surface area contributed by atoms with E-state index in [-0.39, 0.29) is 11.3 Å². The molecule has 3 heterocycles. The number of thiophene rings is 1. The van der Waals surface area contributed by atoms with E-state index in [1.54, 1.807) is 11.3 Å². The summed E-state index contributed by atoms with van der Waals surface area (Å²) in [7, 11) is 0. The minimum atomic E-state index is 0.154. The van der Waals surface area contributed by atoms with Gasteiger partial charge in [-0.1, -0.05) is 56.3 Å². The summed E-state index contributed by atoms with van der Waals surface area (Å²) in [5.74, 6) is 1.51. The fourth-order valence-corrected chi connectivity index (χ4v) is 4.40. The van der Waals surface area contributed by atoms with Crippen LogP contribution >= 0.6 is 11.3 Å². The minimum absolute atomic E-state index is 0.154. The van der Waals surface area contributed by atoms with Gasteiger partial charge < -0.3 is 9.42 Å². The summed E-state index contributed by atoms with van der Waals surface area (Å²) in [4.78, 5) is 22.4. The quantitative estimate of drug-likeness (QED) is 0.572. The molecule has 1 saturated heterocycles. The average Bonchev–Trinajstić information content (AvgIpc) is 3.44. The lowest BCUT2D eigenvalue weighted by molar-refractivity contribution is -0.133. The summed E-state index contributed by atoms with van der Waals surface area (Å²) in [6.07, 6.45) is 1.35. The lowest BCUT2D eigenvalue weighted by atomic mass is 9.86. The Hall–Kier alpha value is -2.51. The smallest absolute Gasteiger partial charge is 0.241 e. The van der Waals surface area contributed by atoms with Crippen LogP contribution in [0.2, 0.25) is 0 Å². The van der Waals surface area contributed by atoms with E-state index < -0.39 is 0 Å². The van der Waals surface area contributed by atoms with Crippen molar-refractivity contribution in [1.29, 1.82) is 0 Å². The predicted octanol–water partition coefficient (Wildman–Crippen LogP) is 4.37. The van der Waals surface area contributed by atoms with E-state index in [0.29, 0.717) is 24.7 Å². The Balaban J connectivity index is 1.22. The van der Waals surface area contributed by atoms with Crippen molar-refractivity contribution in [3.05, 3.63) is 58.8 Å². The summed E-state index contributed by atoms with van der Waals surface area (Å²) >= 11 is 1.60. The summed E-state index contributed by atoms with van der Waals surface area (Å²) in [6, 6.07) is 12.6. The van der Waals surface area contributed by atoms with Crippen LogP contribution in [0.4, 0.5) is 0 Å². The van der Waals surface area contributed by atoms with Crippen LogP contribution in [-0.2, 0) is 23.2 Å². The number of aromatic nitrogens is 2. The molecule has 1 aliphatic heterocycles. The first kappa shape index (κ1) is 21.7. The summed E-state index contributed by atoms with van der Waals surface area (Å²) in [6.45, 7) is 10.4. The summed E-state index contributed by atoms with van der Waals surface area (Å²) in [5, 5.41) is 6.07. The molecule has 0 radical (unpaired) electrons. The maximum Gasteiger partial charge on any atom is 0.241 e. The van der Waals surface area contributed by atoms with Gasteiger partial charge in [0.25, 0.3) is 0 Å². The molecular formula is C24H30N4O2S. The Labute approximate surface area is 187 Å². The molecule has 0 spiro atoms. The maximum absolute atomic E-state index is 12.7. The number of benzene rings is 1. The molecule has 2 aromatic heterocycles. The number of aryl methyl sites for hydroxylation is 1. The Bertz CT molecular complexity index is 982. The van der Waals surface area contributed by atoms with Gasteiger partial charge in [0.2, 0.25) is 17.6 Å². The van der Waals surface area contributed by atoms with Crippen LogP contribution < -0.4 is 0 Å². The van der Waals surface area contributed by atoms with Gasteiger partial charge in [0.05, 0.1) is 11.4 Å². The molecule has 1 aliphatic rings. The van der Waals surface area contributed by atoms with Crippen LogP contribution in [0.5, 0.6) is 0 Å². The van der Waals surface area contributed by atoms with E-state index >= 15 is 0 Å². The third kappa shape index (κ3) is 5.60. The zero-order valence-electron chi connectivity index (χ0n) is 18.5. The fraction of sp³-hybridized carbons (Fsp3) is 0.458. The van der Waals surface area contributed by atoms with Gasteiger partial charge in [0.15, 0.2) is 0 Å². The number of hydrogen-bond acceptors (Lipinski definition) is 6. The molecule has 0 aliphatic carbocycles. The van der Waals surface area contributed by atoms with Gasteiger partial charge in [0, 0.05) is 32.6 Å². The molecule has 7 heteroatoms. The van der Waals surface area contributed by atoms with Crippen LogP contribution in [0.25, 0.3) is 10.7 Å². The van der Waals surface area contributed by atoms with Gasteiger partial charge in [-0.25, -0.2) is 0 Å². The molecule has 0 unspecified atom stereocenters. The summed E-state index contributed by atoms with van der Waals surface area (Å²) < 4.78 is 5.41. The van der Waals surface area contributed by atoms with Crippen molar-refractivity contribution in [3.63, 3.8) is 0 Å². The van der Waals surface area contributed by atoms with Crippen molar-refractivity contribution in [1.82, 2.24) is 19.9 Å². The third-order valence-electron chi connectivity index (χ3n) is 5.74. The molecule has 31 heavy (non-hydrogen) atoms. The lowest BCUT2D eigenvalue weighted by Gasteiger charge is -2.34. The molecule has 6 nitrogen and oxygen atoms in total. The normalized spacial score (nSPS) is 15.4. The highest BCUT2D eigenvalue weighted by Crippen LogP contribution is 2.23. The van der Waals surface area contributed by atoms with Gasteiger partial charge in [-0.2, -0.15) is 4.98 Å². The number of carbonyl (C=O) groups excluding carboxylic acids is 1. The Morgan fingerprint density at radius 1 is 1.10 bits per heavy atom. The van der Waals surface area contributed by atoms with Crippen molar-refractivity contribution in [2.24, 2.45) is 0 Å². The van der Waals surface area contributed by atoms with E-state index in [1.165, 1.54) is 11.1 Å². The SMILES string of the molecule is CC(C)(C)c1ccc(CCC(=O)N2CCN(Cc3nc(-c4cccs4)no3)CC2)cc1. The van der Waals surface area contributed by atoms with Crippen molar-refractivity contribution in [2.45, 2.75) is 45.6 Å². The van der Waals surface area contributed by atoms with Crippen molar-refractivity contribution in [3.8, 4) is 10.7 Å². The highest BCUT2D eigenvalue weighted by molar-refractivity contribution is 7.13. The van der Waals surface area contributed by atoms with Crippen molar-refractivity contribution < 1.29 is 9.32 Å². The van der Waals surface area contributed by atoms with E-state index in [4.69, 9.17) is 4.52 Å². The van der Waals surface area contributed by atoms with E-state index in [9.17, 15) is 4.79 Å². The molecule has 164 valence electrons. The second-order valence-corrected chi connectivity index (χ2v) is 10.0. The first-order valence-electron chi connectivity index (χ1n) is 10.8.